The second-order valence-electron chi connectivity index (χ2n) is 20.3. The highest BCUT2D eigenvalue weighted by atomic mass is 16.6. The number of methoxy groups -OCH3 is 3. The number of rotatable bonds is 7. The van der Waals surface area contributed by atoms with Gasteiger partial charge in [0.25, 0.3) is 11.7 Å². The number of aliphatic hydroxyl groups excluding tert-OH is 1. The fraction of sp³-hybridized carbons (Fsp3) is 0.731. The first-order valence-corrected chi connectivity index (χ1v) is 25.0. The van der Waals surface area contributed by atoms with Crippen LogP contribution in [0, 0.1) is 35.5 Å². The number of piperidine rings is 1. The third kappa shape index (κ3) is 14.2. The van der Waals surface area contributed by atoms with Gasteiger partial charge in [-0.05, 0) is 112 Å². The summed E-state index contributed by atoms with van der Waals surface area (Å²) in [7, 11) is 4.61. The zero-order valence-electron chi connectivity index (χ0n) is 42.5. The highest BCUT2D eigenvalue weighted by Gasteiger charge is 2.53. The van der Waals surface area contributed by atoms with Crippen LogP contribution in [0.2, 0.25) is 0 Å². The van der Waals surface area contributed by atoms with Gasteiger partial charge < -0.3 is 38.8 Å². The molecule has 4 aliphatic rings. The monoisotopic (exact) mass is 966 g/mol. The number of esters is 1. The van der Waals surface area contributed by atoms with E-state index in [1.54, 1.807) is 45.9 Å². The van der Waals surface area contributed by atoms with Gasteiger partial charge in [0.15, 0.2) is 12.1 Å². The van der Waals surface area contributed by atoms with Crippen LogP contribution in [0.5, 0.6) is 0 Å². The molecule has 4 heterocycles. The Balaban J connectivity index is 1.46. The molecule has 2 N–H and O–H groups in total. The van der Waals surface area contributed by atoms with Crippen LogP contribution in [0.3, 0.4) is 0 Å². The van der Waals surface area contributed by atoms with E-state index in [1.807, 2.05) is 58.1 Å². The molecule has 15 atom stereocenters. The summed E-state index contributed by atoms with van der Waals surface area (Å²) >= 11 is 0. The lowest BCUT2D eigenvalue weighted by molar-refractivity contribution is -0.265. The third-order valence-corrected chi connectivity index (χ3v) is 15.1. The number of carbonyl (C=O) groups is 5. The van der Waals surface area contributed by atoms with Crippen molar-refractivity contribution < 1.29 is 57.9 Å². The normalized spacial score (nSPS) is 38.8. The first-order valence-electron chi connectivity index (χ1n) is 25.0. The predicted molar refractivity (Wildman–Crippen MR) is 256 cm³/mol. The van der Waals surface area contributed by atoms with E-state index < -0.39 is 77.8 Å². The molecule has 1 aromatic rings. The Morgan fingerprint density at radius 3 is 2.32 bits per heavy atom. The summed E-state index contributed by atoms with van der Waals surface area (Å²) in [4.78, 5) is 73.9. The molecule has 17 heteroatoms. The minimum absolute atomic E-state index is 0.0168. The maximum atomic E-state index is 14.5. The third-order valence-electron chi connectivity index (χ3n) is 15.1. The van der Waals surface area contributed by atoms with E-state index in [0.717, 1.165) is 18.4 Å². The number of nitrogens with zero attached hydrogens (tertiary/aromatic N) is 5. The first-order chi connectivity index (χ1) is 32.8. The van der Waals surface area contributed by atoms with Crippen molar-refractivity contribution in [3.63, 3.8) is 0 Å². The summed E-state index contributed by atoms with van der Waals surface area (Å²) in [6.07, 6.45) is 13.7. The molecule has 0 radical (unpaired) electrons. The highest BCUT2D eigenvalue weighted by Crippen LogP contribution is 2.39. The lowest BCUT2D eigenvalue weighted by Gasteiger charge is -2.42. The Bertz CT molecular complexity index is 2020. The van der Waals surface area contributed by atoms with Crippen LogP contribution < -0.4 is 0 Å². The number of aliphatic hydroxyl groups is 2. The molecule has 2 bridgehead atoms. The predicted octanol–water partition coefficient (Wildman–Crippen LogP) is 6.05. The molecule has 1 aliphatic carbocycles. The van der Waals surface area contributed by atoms with Crippen molar-refractivity contribution in [2.45, 2.75) is 180 Å². The first kappa shape index (κ1) is 55.7. The standard InChI is InChI=1S/C52H79N5O12/c1-31-16-12-11-13-17-32(2)43(65-8)28-39-21-19-37(7)52(64,69-39)49(61)50(62)56-23-15-14-18-41(56)51(63)68-44(34(4)26-38-20-22-40(45(27-38)66-9)57-54-30-53-55-57)29-42(58)33(3)25-36(6)47(60)48(67-10)46(59)35(5)24-31/h11-13,16-17,25,30-31,33-35,37-41,43-45,47-48,60,64H,14-15,18-24,26-29H2,1-10H3/b13-11+,16-12+,32-17+,36-25+/t31-,33+,34+,35+,37+,38-,39-,40-,41-,43-,44-,45+,47+,48+,52+/m0/s1. The molecular formula is C52H79N5O12. The molecule has 3 aliphatic heterocycles. The zero-order valence-corrected chi connectivity index (χ0v) is 42.5. The van der Waals surface area contributed by atoms with Gasteiger partial charge in [-0.1, -0.05) is 71.1 Å². The van der Waals surface area contributed by atoms with E-state index >= 15 is 0 Å². The largest absolute Gasteiger partial charge is 0.460 e. The molecule has 1 amide bonds. The molecule has 0 spiro atoms. The summed E-state index contributed by atoms with van der Waals surface area (Å²) in [5, 5.41) is 35.7. The summed E-state index contributed by atoms with van der Waals surface area (Å²) in [5.74, 6) is -7.94. The Hall–Kier alpha value is -4.26. The van der Waals surface area contributed by atoms with Crippen LogP contribution in [0.15, 0.2) is 53.9 Å². The van der Waals surface area contributed by atoms with E-state index in [0.29, 0.717) is 56.9 Å². The van der Waals surface area contributed by atoms with E-state index in [9.17, 15) is 34.2 Å². The van der Waals surface area contributed by atoms with Gasteiger partial charge in [0, 0.05) is 58.5 Å². The molecule has 3 fully saturated rings. The van der Waals surface area contributed by atoms with Crippen LogP contribution in [0.4, 0.5) is 0 Å². The molecule has 384 valence electrons. The van der Waals surface area contributed by atoms with Crippen LogP contribution in [0.25, 0.3) is 0 Å². The number of amides is 1. The number of carbonyl (C=O) groups excluding carboxylic acids is 5. The number of Topliss-reactive ketones (excluding diaryl/α,β-unsaturated/α-hetero) is 3. The minimum atomic E-state index is -2.43. The maximum absolute atomic E-state index is 14.5. The number of allylic oxidation sites excluding steroid dienone is 6. The molecular weight excluding hydrogens is 887 g/mol. The van der Waals surface area contributed by atoms with Crippen molar-refractivity contribution in [1.82, 2.24) is 25.1 Å². The Labute approximate surface area is 408 Å². The Morgan fingerprint density at radius 1 is 0.884 bits per heavy atom. The number of cyclic esters (lactones) is 1. The number of aromatic nitrogens is 4. The molecule has 2 saturated heterocycles. The number of hydrogen-bond acceptors (Lipinski definition) is 15. The molecule has 1 aromatic heterocycles. The quantitative estimate of drug-likeness (QED) is 0.181. The van der Waals surface area contributed by atoms with E-state index in [4.69, 9.17) is 23.7 Å². The van der Waals surface area contributed by atoms with Crippen molar-refractivity contribution in [2.24, 2.45) is 35.5 Å². The van der Waals surface area contributed by atoms with Gasteiger partial charge in [-0.25, -0.2) is 4.79 Å². The molecule has 0 unspecified atom stereocenters. The van der Waals surface area contributed by atoms with Gasteiger partial charge in [0.05, 0.1) is 24.4 Å². The van der Waals surface area contributed by atoms with Crippen molar-refractivity contribution in [3.8, 4) is 0 Å². The van der Waals surface area contributed by atoms with Crippen LogP contribution in [-0.2, 0) is 47.7 Å². The van der Waals surface area contributed by atoms with Crippen molar-refractivity contribution in [3.05, 3.63) is 53.9 Å². The van der Waals surface area contributed by atoms with Crippen LogP contribution in [0.1, 0.15) is 132 Å². The molecule has 69 heavy (non-hydrogen) atoms. The SMILES string of the molecule is CO[C@H]1C[C@@H]2CC[C@@H](C)[C@@](O)(O2)C(=O)C(=O)N2CCCC[C@H]2C(=O)O[C@H]([C@H](C)C[C@@H]2CC[C@H](n3ncnn3)[C@H](OC)C2)CC(=O)[C@H](C)/C=C(\C)[C@@H](O)[C@H](OC)C(=O)[C@H](C)C[C@@H](C)/C=C/C=C/C=C/1C. The average Bonchev–Trinajstić information content (AvgIpc) is 3.88. The summed E-state index contributed by atoms with van der Waals surface area (Å²) in [6, 6.07) is -1.24. The minimum Gasteiger partial charge on any atom is -0.460 e. The lowest BCUT2D eigenvalue weighted by Crippen LogP contribution is -2.61. The Morgan fingerprint density at radius 2 is 1.64 bits per heavy atom. The summed E-state index contributed by atoms with van der Waals surface area (Å²) in [5.41, 5.74) is 1.27. The number of tetrazole rings is 1. The number of hydrogen-bond donors (Lipinski definition) is 2. The second-order valence-corrected chi connectivity index (χ2v) is 20.3. The topological polar surface area (TPSA) is 219 Å². The number of fused-ring (bicyclic) bond motifs is 3. The molecule has 0 aromatic carbocycles. The number of ether oxygens (including phenoxy) is 5. The average molecular weight is 966 g/mol. The lowest BCUT2D eigenvalue weighted by atomic mass is 9.77. The molecule has 1 saturated carbocycles. The van der Waals surface area contributed by atoms with Gasteiger partial charge in [-0.15, -0.1) is 10.2 Å². The van der Waals surface area contributed by atoms with E-state index in [-0.39, 0.29) is 60.9 Å². The zero-order chi connectivity index (χ0) is 50.6. The number of ketones is 3. The van der Waals surface area contributed by atoms with Crippen LogP contribution in [-0.4, -0.2) is 141 Å². The fourth-order valence-corrected chi connectivity index (χ4v) is 10.7. The van der Waals surface area contributed by atoms with Crippen molar-refractivity contribution in [1.29, 1.82) is 0 Å². The maximum Gasteiger partial charge on any atom is 0.329 e. The van der Waals surface area contributed by atoms with Crippen LogP contribution >= 0.6 is 0 Å². The van der Waals surface area contributed by atoms with E-state index in [1.165, 1.54) is 18.3 Å². The fourth-order valence-electron chi connectivity index (χ4n) is 10.7. The smallest absolute Gasteiger partial charge is 0.329 e. The highest BCUT2D eigenvalue weighted by molar-refractivity contribution is 6.39. The Kier molecular flexibility index (Phi) is 20.8. The summed E-state index contributed by atoms with van der Waals surface area (Å²) < 4.78 is 29.9. The van der Waals surface area contributed by atoms with Gasteiger partial charge in [0.1, 0.15) is 30.1 Å². The molecule has 17 nitrogen and oxygen atoms in total. The van der Waals surface area contributed by atoms with Gasteiger partial charge in [-0.2, -0.15) is 4.80 Å². The van der Waals surface area contributed by atoms with Crippen molar-refractivity contribution >= 4 is 29.2 Å². The summed E-state index contributed by atoms with van der Waals surface area (Å²) in [6.45, 7) is 12.8. The van der Waals surface area contributed by atoms with Gasteiger partial charge in [-0.3, -0.25) is 19.2 Å². The van der Waals surface area contributed by atoms with Crippen molar-refractivity contribution in [2.75, 3.05) is 27.9 Å². The molecule has 5 rings (SSSR count). The van der Waals surface area contributed by atoms with E-state index in [2.05, 4.69) is 15.4 Å². The van der Waals surface area contributed by atoms with Gasteiger partial charge >= 0.3 is 5.97 Å². The second kappa shape index (κ2) is 25.7. The van der Waals surface area contributed by atoms with Gasteiger partial charge in [0.2, 0.25) is 5.79 Å².